The van der Waals surface area contributed by atoms with Crippen LogP contribution in [0.2, 0.25) is 0 Å². The molecule has 0 saturated heterocycles. The Morgan fingerprint density at radius 3 is 2.69 bits per heavy atom. The normalized spacial score (nSPS) is 10.6. The van der Waals surface area contributed by atoms with Gasteiger partial charge in [-0.2, -0.15) is 5.10 Å². The van der Waals surface area contributed by atoms with Crippen molar-refractivity contribution in [3.63, 3.8) is 0 Å². The molecule has 136 valence electrons. The first kappa shape index (κ1) is 19.5. The number of nitrogens with zero attached hydrogens (tertiary/aromatic N) is 1. The molecule has 0 aliphatic heterocycles. The third kappa shape index (κ3) is 5.06. The second-order valence-electron chi connectivity index (χ2n) is 5.23. The number of aliphatic carboxylic acids is 1. The highest BCUT2D eigenvalue weighted by Gasteiger charge is 2.13. The molecule has 0 bridgehead atoms. The Morgan fingerprint density at radius 2 is 2.04 bits per heavy atom. The second-order valence-corrected chi connectivity index (χ2v) is 6.08. The third-order valence-corrected chi connectivity index (χ3v) is 3.95. The zero-order valence-corrected chi connectivity index (χ0v) is 15.7. The fourth-order valence-electron chi connectivity index (χ4n) is 2.14. The van der Waals surface area contributed by atoms with Gasteiger partial charge in [0, 0.05) is 5.56 Å². The number of amides is 1. The molecular weight excluding hydrogens is 404 g/mol. The number of carbonyl (C=O) groups excluding carboxylic acids is 1. The molecule has 0 fully saturated rings. The van der Waals surface area contributed by atoms with Gasteiger partial charge in [-0.25, -0.2) is 10.2 Å². The molecule has 8 heteroatoms. The molecule has 0 aliphatic carbocycles. The number of aryl methyl sites for hydroxylation is 1. The summed E-state index contributed by atoms with van der Waals surface area (Å²) < 4.78 is 10.9. The SMILES string of the molecule is COc1cc(/C=N\NC(=O)c2ccccc2C)cc(Br)c1OCC(=O)O. The lowest BCUT2D eigenvalue weighted by Crippen LogP contribution is -2.18. The summed E-state index contributed by atoms with van der Waals surface area (Å²) in [5, 5.41) is 12.7. The molecule has 0 saturated carbocycles. The Hall–Kier alpha value is -2.87. The highest BCUT2D eigenvalue weighted by Crippen LogP contribution is 2.36. The van der Waals surface area contributed by atoms with Gasteiger partial charge in [-0.3, -0.25) is 4.79 Å². The first-order chi connectivity index (χ1) is 12.4. The van der Waals surface area contributed by atoms with Crippen LogP contribution in [0.5, 0.6) is 11.5 Å². The number of hydrazone groups is 1. The van der Waals surface area contributed by atoms with Crippen LogP contribution in [0.3, 0.4) is 0 Å². The lowest BCUT2D eigenvalue weighted by molar-refractivity contribution is -0.139. The largest absolute Gasteiger partial charge is 0.493 e. The van der Waals surface area contributed by atoms with E-state index in [1.54, 1.807) is 24.3 Å². The summed E-state index contributed by atoms with van der Waals surface area (Å²) >= 11 is 3.31. The van der Waals surface area contributed by atoms with E-state index in [1.807, 2.05) is 19.1 Å². The molecule has 0 unspecified atom stereocenters. The number of carboxylic acids is 1. The number of nitrogens with one attached hydrogen (secondary N) is 1. The van der Waals surface area contributed by atoms with Gasteiger partial charge in [0.1, 0.15) is 0 Å². The van der Waals surface area contributed by atoms with Gasteiger partial charge in [0.15, 0.2) is 18.1 Å². The van der Waals surface area contributed by atoms with Crippen LogP contribution in [0.1, 0.15) is 21.5 Å². The average Bonchev–Trinajstić information content (AvgIpc) is 2.60. The number of methoxy groups -OCH3 is 1. The summed E-state index contributed by atoms with van der Waals surface area (Å²) in [6.07, 6.45) is 1.45. The lowest BCUT2D eigenvalue weighted by Gasteiger charge is -2.12. The van der Waals surface area contributed by atoms with Gasteiger partial charge in [0.05, 0.1) is 17.8 Å². The average molecular weight is 421 g/mol. The number of carbonyl (C=O) groups is 2. The van der Waals surface area contributed by atoms with Gasteiger partial charge in [0.2, 0.25) is 0 Å². The first-order valence-electron chi connectivity index (χ1n) is 7.53. The van der Waals surface area contributed by atoms with Gasteiger partial charge < -0.3 is 14.6 Å². The molecule has 0 aliphatic rings. The number of rotatable bonds is 7. The summed E-state index contributed by atoms with van der Waals surface area (Å²) in [6.45, 7) is 1.35. The highest BCUT2D eigenvalue weighted by atomic mass is 79.9. The van der Waals surface area contributed by atoms with Crippen LogP contribution in [-0.2, 0) is 4.79 Å². The Morgan fingerprint density at radius 1 is 1.31 bits per heavy atom. The standard InChI is InChI=1S/C18H17BrN2O5/c1-11-5-3-4-6-13(11)18(24)21-20-9-12-7-14(19)17(15(8-12)25-2)26-10-16(22)23/h3-9H,10H2,1-2H3,(H,21,24)(H,22,23)/b20-9-. The van der Waals surface area contributed by atoms with Crippen molar-refractivity contribution in [2.45, 2.75) is 6.92 Å². The van der Waals surface area contributed by atoms with Crippen molar-refractivity contribution < 1.29 is 24.2 Å². The van der Waals surface area contributed by atoms with E-state index in [9.17, 15) is 9.59 Å². The fraction of sp³-hybridized carbons (Fsp3) is 0.167. The maximum atomic E-state index is 12.1. The number of carboxylic acid groups (broad SMARTS) is 1. The maximum Gasteiger partial charge on any atom is 0.341 e. The highest BCUT2D eigenvalue weighted by molar-refractivity contribution is 9.10. The third-order valence-electron chi connectivity index (χ3n) is 3.36. The van der Waals surface area contributed by atoms with E-state index in [0.29, 0.717) is 21.3 Å². The van der Waals surface area contributed by atoms with Crippen molar-refractivity contribution >= 4 is 34.0 Å². The van der Waals surface area contributed by atoms with E-state index < -0.39 is 12.6 Å². The van der Waals surface area contributed by atoms with Crippen molar-refractivity contribution in [3.8, 4) is 11.5 Å². The van der Waals surface area contributed by atoms with E-state index in [4.69, 9.17) is 14.6 Å². The molecule has 0 heterocycles. The van der Waals surface area contributed by atoms with Gasteiger partial charge >= 0.3 is 5.97 Å². The van der Waals surface area contributed by atoms with Crippen LogP contribution in [0, 0.1) is 6.92 Å². The number of ether oxygens (including phenoxy) is 2. The zero-order chi connectivity index (χ0) is 19.1. The molecule has 0 aromatic heterocycles. The van der Waals surface area contributed by atoms with E-state index in [-0.39, 0.29) is 11.7 Å². The lowest BCUT2D eigenvalue weighted by atomic mass is 10.1. The Bertz CT molecular complexity index is 851. The zero-order valence-electron chi connectivity index (χ0n) is 14.2. The topological polar surface area (TPSA) is 97.2 Å². The van der Waals surface area contributed by atoms with Crippen LogP contribution in [0.4, 0.5) is 0 Å². The molecule has 26 heavy (non-hydrogen) atoms. The van der Waals surface area contributed by atoms with E-state index in [1.165, 1.54) is 13.3 Å². The van der Waals surface area contributed by atoms with E-state index >= 15 is 0 Å². The van der Waals surface area contributed by atoms with Crippen molar-refractivity contribution in [1.82, 2.24) is 5.43 Å². The molecular formula is C18H17BrN2O5. The number of hydrogen-bond donors (Lipinski definition) is 2. The Kier molecular flexibility index (Phi) is 6.74. The molecule has 0 radical (unpaired) electrons. The Balaban J connectivity index is 2.13. The Labute approximate surface area is 158 Å². The smallest absolute Gasteiger partial charge is 0.341 e. The van der Waals surface area contributed by atoms with Crippen molar-refractivity contribution in [3.05, 3.63) is 57.6 Å². The molecule has 2 rings (SSSR count). The number of hydrogen-bond acceptors (Lipinski definition) is 5. The van der Waals surface area contributed by atoms with Gasteiger partial charge in [-0.1, -0.05) is 18.2 Å². The summed E-state index contributed by atoms with van der Waals surface area (Å²) in [7, 11) is 1.44. The summed E-state index contributed by atoms with van der Waals surface area (Å²) in [5.74, 6) is -0.793. The first-order valence-corrected chi connectivity index (χ1v) is 8.33. The van der Waals surface area contributed by atoms with Crippen LogP contribution in [0.25, 0.3) is 0 Å². The molecule has 2 aromatic rings. The number of halogens is 1. The quantitative estimate of drug-likeness (QED) is 0.529. The number of benzene rings is 2. The van der Waals surface area contributed by atoms with Crippen molar-refractivity contribution in [2.24, 2.45) is 5.10 Å². The van der Waals surface area contributed by atoms with Crippen molar-refractivity contribution in [1.29, 1.82) is 0 Å². The maximum absolute atomic E-state index is 12.1. The van der Waals surface area contributed by atoms with Gasteiger partial charge in [-0.05, 0) is 52.2 Å². The summed E-state index contributed by atoms with van der Waals surface area (Å²) in [5.41, 5.74) is 4.49. The molecule has 1 amide bonds. The van der Waals surface area contributed by atoms with Crippen molar-refractivity contribution in [2.75, 3.05) is 13.7 Å². The van der Waals surface area contributed by atoms with Crippen LogP contribution in [0.15, 0.2) is 46.0 Å². The summed E-state index contributed by atoms with van der Waals surface area (Å²) in [4.78, 5) is 22.8. The molecule has 7 nitrogen and oxygen atoms in total. The summed E-state index contributed by atoms with van der Waals surface area (Å²) in [6, 6.07) is 10.5. The fourth-order valence-corrected chi connectivity index (χ4v) is 2.72. The predicted molar refractivity (Wildman–Crippen MR) is 100 cm³/mol. The van der Waals surface area contributed by atoms with Crippen LogP contribution < -0.4 is 14.9 Å². The monoisotopic (exact) mass is 420 g/mol. The van der Waals surface area contributed by atoms with E-state index in [0.717, 1.165) is 5.56 Å². The second kappa shape index (κ2) is 9.00. The minimum Gasteiger partial charge on any atom is -0.493 e. The van der Waals surface area contributed by atoms with Gasteiger partial charge in [0.25, 0.3) is 5.91 Å². The molecule has 0 spiro atoms. The van der Waals surface area contributed by atoms with E-state index in [2.05, 4.69) is 26.5 Å². The van der Waals surface area contributed by atoms with Crippen LogP contribution in [-0.4, -0.2) is 36.9 Å². The molecule has 2 N–H and O–H groups in total. The molecule has 0 atom stereocenters. The molecule has 2 aromatic carbocycles. The van der Waals surface area contributed by atoms with Crippen LogP contribution >= 0.6 is 15.9 Å². The predicted octanol–water partition coefficient (Wildman–Crippen LogP) is 2.99. The van der Waals surface area contributed by atoms with Gasteiger partial charge in [-0.15, -0.1) is 0 Å². The minimum atomic E-state index is -1.09. The minimum absolute atomic E-state index is 0.274.